The Morgan fingerprint density at radius 2 is 0.412 bits per heavy atom. The standard InChI is InChI=1S/C12H42N20S2/c13-3(14)1(4(15,16)8(23,24)11(29,30)7(3,21)22)33-34-2-5(17,18)9(25,26)12(31,32)10(27,28)6(2,19)20/h1-2H,13-32H2. The van der Waals surface area contributed by atoms with Crippen molar-refractivity contribution in [3.63, 3.8) is 0 Å². The van der Waals surface area contributed by atoms with Crippen molar-refractivity contribution >= 4 is 21.6 Å². The van der Waals surface area contributed by atoms with E-state index in [2.05, 4.69) is 0 Å². The van der Waals surface area contributed by atoms with Crippen LogP contribution in [-0.4, -0.2) is 67.1 Å². The summed E-state index contributed by atoms with van der Waals surface area (Å²) in [4.78, 5) is 0. The first-order chi connectivity index (χ1) is 14.5. The van der Waals surface area contributed by atoms with E-state index >= 15 is 0 Å². The minimum atomic E-state index is -2.37. The van der Waals surface area contributed by atoms with Gasteiger partial charge in [-0.05, 0) is 0 Å². The van der Waals surface area contributed by atoms with Crippen molar-refractivity contribution < 1.29 is 0 Å². The van der Waals surface area contributed by atoms with Crippen LogP contribution in [0.1, 0.15) is 0 Å². The molecular formula is C12H42N20S2. The van der Waals surface area contributed by atoms with E-state index in [0.717, 1.165) is 0 Å². The van der Waals surface area contributed by atoms with E-state index in [1.54, 1.807) is 0 Å². The van der Waals surface area contributed by atoms with Crippen molar-refractivity contribution in [2.75, 3.05) is 0 Å². The average Bonchev–Trinajstić information content (AvgIpc) is 2.61. The van der Waals surface area contributed by atoms with Crippen LogP contribution in [0.25, 0.3) is 0 Å². The van der Waals surface area contributed by atoms with Crippen molar-refractivity contribution in [1.29, 1.82) is 0 Å². The van der Waals surface area contributed by atoms with Crippen LogP contribution in [-0.2, 0) is 0 Å². The van der Waals surface area contributed by atoms with Gasteiger partial charge in [0.05, 0.1) is 10.5 Å². The Hall–Kier alpha value is -0.100. The van der Waals surface area contributed by atoms with Gasteiger partial charge >= 0.3 is 0 Å². The summed E-state index contributed by atoms with van der Waals surface area (Å²) in [5.74, 6) is 0. The molecule has 202 valence electrons. The van der Waals surface area contributed by atoms with Gasteiger partial charge in [0.25, 0.3) is 0 Å². The highest BCUT2D eigenvalue weighted by Crippen LogP contribution is 2.52. The van der Waals surface area contributed by atoms with Crippen molar-refractivity contribution in [2.45, 2.75) is 67.1 Å². The first-order valence-corrected chi connectivity index (χ1v) is 11.8. The zero-order valence-corrected chi connectivity index (χ0v) is 20.2. The maximum atomic E-state index is 6.27. The van der Waals surface area contributed by atoms with Gasteiger partial charge in [-0.3, -0.25) is 0 Å². The molecule has 0 heterocycles. The average molecular weight is 531 g/mol. The maximum Gasteiger partial charge on any atom is 0.134 e. The maximum absolute atomic E-state index is 6.27. The lowest BCUT2D eigenvalue weighted by Gasteiger charge is -2.69. The van der Waals surface area contributed by atoms with Crippen LogP contribution < -0.4 is 115 Å². The van der Waals surface area contributed by atoms with Crippen molar-refractivity contribution in [3.05, 3.63) is 0 Å². The predicted octanol–water partition coefficient (Wildman–Crippen LogP) is -12.7. The van der Waals surface area contributed by atoms with Crippen LogP contribution in [0.5, 0.6) is 0 Å². The largest absolute Gasteiger partial charge is 0.310 e. The summed E-state index contributed by atoms with van der Waals surface area (Å²) in [7, 11) is 1.38. The lowest BCUT2D eigenvalue weighted by atomic mass is 9.61. The third-order valence-corrected chi connectivity index (χ3v) is 11.1. The van der Waals surface area contributed by atoms with E-state index in [1.807, 2.05) is 0 Å². The topological polar surface area (TPSA) is 520 Å². The van der Waals surface area contributed by atoms with E-state index in [1.165, 1.54) is 0 Å². The second-order valence-corrected chi connectivity index (χ2v) is 12.4. The quantitative estimate of drug-likeness (QED) is 0.119. The second kappa shape index (κ2) is 7.26. The highest BCUT2D eigenvalue weighted by molar-refractivity contribution is 8.77. The summed E-state index contributed by atoms with van der Waals surface area (Å²) in [6.07, 6.45) is 0. The fourth-order valence-corrected chi connectivity index (χ4v) is 8.42. The molecule has 0 aromatic heterocycles. The smallest absolute Gasteiger partial charge is 0.134 e. The lowest BCUT2D eigenvalue weighted by Crippen LogP contribution is -3.09. The molecule has 34 heavy (non-hydrogen) atoms. The fraction of sp³-hybridized carbons (Fsp3) is 1.00. The first kappa shape index (κ1) is 30.1. The van der Waals surface area contributed by atoms with E-state index in [9.17, 15) is 0 Å². The molecule has 0 saturated heterocycles. The molecule has 0 atom stereocenters. The molecule has 22 heteroatoms. The molecule has 0 aliphatic heterocycles. The highest BCUT2D eigenvalue weighted by Gasteiger charge is 2.78. The fourth-order valence-electron chi connectivity index (χ4n) is 4.21. The van der Waals surface area contributed by atoms with Crippen LogP contribution in [0.3, 0.4) is 0 Å². The van der Waals surface area contributed by atoms with Crippen molar-refractivity contribution in [1.82, 2.24) is 0 Å². The summed E-state index contributed by atoms with van der Waals surface area (Å²) in [5.41, 5.74) is 100. The molecule has 40 N–H and O–H groups in total. The van der Waals surface area contributed by atoms with Gasteiger partial charge in [0, 0.05) is 0 Å². The van der Waals surface area contributed by atoms with Crippen molar-refractivity contribution in [3.8, 4) is 0 Å². The lowest BCUT2D eigenvalue weighted by molar-refractivity contribution is -0.0463. The monoisotopic (exact) mass is 530 g/mol. The zero-order chi connectivity index (χ0) is 27.6. The van der Waals surface area contributed by atoms with Gasteiger partial charge in [-0.25, -0.2) is 0 Å². The molecule has 20 nitrogen and oxygen atoms in total. The van der Waals surface area contributed by atoms with Crippen LogP contribution in [0.15, 0.2) is 0 Å². The van der Waals surface area contributed by atoms with Gasteiger partial charge in [0.15, 0.2) is 0 Å². The molecule has 0 amide bonds. The van der Waals surface area contributed by atoms with Crippen LogP contribution in [0.4, 0.5) is 0 Å². The summed E-state index contributed by atoms with van der Waals surface area (Å²) in [5, 5.41) is -2.86. The molecule has 2 rings (SSSR count). The van der Waals surface area contributed by atoms with Gasteiger partial charge in [-0.1, -0.05) is 21.6 Å². The summed E-state index contributed by atoms with van der Waals surface area (Å²) in [6, 6.07) is 0. The number of hydrogen-bond donors (Lipinski definition) is 20. The van der Waals surface area contributed by atoms with Gasteiger partial charge in [-0.2, -0.15) is 0 Å². The van der Waals surface area contributed by atoms with Gasteiger partial charge in [0.2, 0.25) is 0 Å². The molecule has 0 spiro atoms. The van der Waals surface area contributed by atoms with E-state index < -0.39 is 67.1 Å². The molecule has 2 saturated carbocycles. The Morgan fingerprint density at radius 1 is 0.265 bits per heavy atom. The summed E-state index contributed by atoms with van der Waals surface area (Å²) < 4.78 is 0. The van der Waals surface area contributed by atoms with Gasteiger partial charge in [0.1, 0.15) is 56.6 Å². The third kappa shape index (κ3) is 2.99. The molecular weight excluding hydrogens is 488 g/mol. The summed E-state index contributed by atoms with van der Waals surface area (Å²) in [6.45, 7) is 0. The SMILES string of the molecule is NC1(N)C(SSC2C(N)(N)C(N)(N)C(N)(N)C(N)(N)C2(N)N)C(N)(N)C(N)(N)C(N)(N)C1(N)N. The molecule has 2 fully saturated rings. The van der Waals surface area contributed by atoms with Crippen molar-refractivity contribution in [2.24, 2.45) is 115 Å². The van der Waals surface area contributed by atoms with Crippen LogP contribution in [0.2, 0.25) is 0 Å². The third-order valence-electron chi connectivity index (χ3n) is 7.59. The molecule has 0 unspecified atom stereocenters. The van der Waals surface area contributed by atoms with Crippen LogP contribution >= 0.6 is 21.6 Å². The normalized spacial score (nSPS) is 33.9. The van der Waals surface area contributed by atoms with Gasteiger partial charge < -0.3 is 115 Å². The van der Waals surface area contributed by atoms with E-state index in [-0.39, 0.29) is 0 Å². The minimum absolute atomic E-state index is 0.691. The Labute approximate surface area is 203 Å². The molecule has 0 aromatic carbocycles. The predicted molar refractivity (Wildman–Crippen MR) is 134 cm³/mol. The highest BCUT2D eigenvalue weighted by atomic mass is 33.1. The Kier molecular flexibility index (Phi) is 6.43. The first-order valence-electron chi connectivity index (χ1n) is 9.57. The second-order valence-electron chi connectivity index (χ2n) is 9.90. The Bertz CT molecular complexity index is 701. The van der Waals surface area contributed by atoms with Gasteiger partial charge in [-0.15, -0.1) is 0 Å². The number of hydrogen-bond acceptors (Lipinski definition) is 22. The minimum Gasteiger partial charge on any atom is -0.310 e. The Balaban J connectivity index is 2.62. The zero-order valence-electron chi connectivity index (χ0n) is 18.5. The molecule has 2 aliphatic carbocycles. The van der Waals surface area contributed by atoms with Crippen LogP contribution in [0, 0.1) is 0 Å². The number of nitrogens with two attached hydrogens (primary N) is 20. The molecule has 0 radical (unpaired) electrons. The van der Waals surface area contributed by atoms with E-state index in [4.69, 9.17) is 115 Å². The molecule has 0 bridgehead atoms. The van der Waals surface area contributed by atoms with E-state index in [0.29, 0.717) is 21.6 Å². The summed E-state index contributed by atoms with van der Waals surface area (Å²) >= 11 is 0. The Morgan fingerprint density at radius 3 is 0.559 bits per heavy atom. The molecule has 2 aliphatic rings. The molecule has 0 aromatic rings. The number of rotatable bonds is 3.